The Labute approximate surface area is 165 Å². The predicted octanol–water partition coefficient (Wildman–Crippen LogP) is 3.95. The van der Waals surface area contributed by atoms with E-state index in [0.717, 1.165) is 23.3 Å². The first-order chi connectivity index (χ1) is 13.5. The molecule has 7 nitrogen and oxygen atoms in total. The molecular formula is C20H18N2O5S. The van der Waals surface area contributed by atoms with E-state index < -0.39 is 24.4 Å². The molecule has 3 aromatic rings. The molecule has 2 heterocycles. The van der Waals surface area contributed by atoms with Crippen molar-refractivity contribution in [3.8, 4) is 0 Å². The fourth-order valence-electron chi connectivity index (χ4n) is 2.36. The van der Waals surface area contributed by atoms with Gasteiger partial charge < -0.3 is 19.8 Å². The third kappa shape index (κ3) is 5.08. The van der Waals surface area contributed by atoms with E-state index in [4.69, 9.17) is 9.15 Å². The Morgan fingerprint density at radius 2 is 1.93 bits per heavy atom. The van der Waals surface area contributed by atoms with Crippen molar-refractivity contribution in [2.75, 3.05) is 17.2 Å². The molecule has 28 heavy (non-hydrogen) atoms. The molecule has 2 aromatic heterocycles. The van der Waals surface area contributed by atoms with Crippen LogP contribution in [0.2, 0.25) is 0 Å². The van der Waals surface area contributed by atoms with Gasteiger partial charge in [-0.2, -0.15) is 0 Å². The largest absolute Gasteiger partial charge is 0.459 e. The highest BCUT2D eigenvalue weighted by Gasteiger charge is 2.15. The number of carbonyl (C=O) groups is 3. The summed E-state index contributed by atoms with van der Waals surface area (Å²) in [5.41, 5.74) is 1.75. The molecule has 0 aliphatic heterocycles. The molecule has 0 aliphatic rings. The molecule has 8 heteroatoms. The summed E-state index contributed by atoms with van der Waals surface area (Å²) in [5, 5.41) is 5.78. The van der Waals surface area contributed by atoms with Gasteiger partial charge >= 0.3 is 5.97 Å². The van der Waals surface area contributed by atoms with E-state index in [1.54, 1.807) is 18.2 Å². The lowest BCUT2D eigenvalue weighted by Crippen LogP contribution is -2.20. The van der Waals surface area contributed by atoms with Crippen LogP contribution >= 0.6 is 11.3 Å². The second kappa shape index (κ2) is 9.01. The smallest absolute Gasteiger partial charge is 0.348 e. The number of nitrogens with one attached hydrogen (secondary N) is 2. The minimum absolute atomic E-state index is 0.168. The maximum Gasteiger partial charge on any atom is 0.348 e. The van der Waals surface area contributed by atoms with E-state index in [0.29, 0.717) is 10.7 Å². The van der Waals surface area contributed by atoms with Crippen LogP contribution in [0.4, 0.5) is 10.7 Å². The molecule has 3 rings (SSSR count). The molecule has 2 amide bonds. The van der Waals surface area contributed by atoms with Crippen LogP contribution in [0.3, 0.4) is 0 Å². The maximum absolute atomic E-state index is 12.1. The van der Waals surface area contributed by atoms with Gasteiger partial charge in [-0.05, 0) is 48.4 Å². The normalized spacial score (nSPS) is 10.3. The van der Waals surface area contributed by atoms with Crippen molar-refractivity contribution < 1.29 is 23.5 Å². The van der Waals surface area contributed by atoms with E-state index in [-0.39, 0.29) is 10.6 Å². The summed E-state index contributed by atoms with van der Waals surface area (Å²) in [6.45, 7) is 1.62. The van der Waals surface area contributed by atoms with Gasteiger partial charge in [0, 0.05) is 5.69 Å². The Hall–Kier alpha value is -3.39. The Morgan fingerprint density at radius 3 is 2.68 bits per heavy atom. The SMILES string of the molecule is CCc1cccc(NC(=O)COC(=O)c2ccc(NC(=O)c3ccco3)s2)c1. The monoisotopic (exact) mass is 398 g/mol. The highest BCUT2D eigenvalue weighted by Crippen LogP contribution is 2.23. The lowest BCUT2D eigenvalue weighted by molar-refractivity contribution is -0.119. The van der Waals surface area contributed by atoms with Crippen LogP contribution in [0.5, 0.6) is 0 Å². The zero-order valence-corrected chi connectivity index (χ0v) is 15.9. The number of esters is 1. The lowest BCUT2D eigenvalue weighted by atomic mass is 10.1. The average molecular weight is 398 g/mol. The number of hydrogen-bond donors (Lipinski definition) is 2. The van der Waals surface area contributed by atoms with Crippen LogP contribution in [0.15, 0.2) is 59.2 Å². The number of hydrogen-bond acceptors (Lipinski definition) is 6. The number of amides is 2. The summed E-state index contributed by atoms with van der Waals surface area (Å²) in [6.07, 6.45) is 2.26. The van der Waals surface area contributed by atoms with Gasteiger partial charge in [-0.15, -0.1) is 11.3 Å². The van der Waals surface area contributed by atoms with Crippen molar-refractivity contribution in [2.45, 2.75) is 13.3 Å². The number of anilines is 2. The molecule has 2 N–H and O–H groups in total. The van der Waals surface area contributed by atoms with Crippen molar-refractivity contribution in [3.63, 3.8) is 0 Å². The average Bonchev–Trinajstić information content (AvgIpc) is 3.38. The zero-order chi connectivity index (χ0) is 19.9. The molecule has 1 aromatic carbocycles. The van der Waals surface area contributed by atoms with Gasteiger partial charge in [0.25, 0.3) is 11.8 Å². The van der Waals surface area contributed by atoms with E-state index in [1.807, 2.05) is 25.1 Å². The Balaban J connectivity index is 1.50. The summed E-state index contributed by atoms with van der Waals surface area (Å²) in [6, 6.07) is 13.7. The summed E-state index contributed by atoms with van der Waals surface area (Å²) >= 11 is 1.05. The molecule has 0 radical (unpaired) electrons. The topological polar surface area (TPSA) is 97.6 Å². The number of aryl methyl sites for hydroxylation is 1. The minimum atomic E-state index is -0.638. The first-order valence-electron chi connectivity index (χ1n) is 8.55. The van der Waals surface area contributed by atoms with E-state index in [9.17, 15) is 14.4 Å². The van der Waals surface area contributed by atoms with E-state index >= 15 is 0 Å². The van der Waals surface area contributed by atoms with Crippen LogP contribution in [0.25, 0.3) is 0 Å². The summed E-state index contributed by atoms with van der Waals surface area (Å²) in [4.78, 5) is 36.3. The Kier molecular flexibility index (Phi) is 6.23. The highest BCUT2D eigenvalue weighted by atomic mass is 32.1. The number of carbonyl (C=O) groups excluding carboxylic acids is 3. The second-order valence-electron chi connectivity index (χ2n) is 5.77. The minimum Gasteiger partial charge on any atom is -0.459 e. The molecule has 0 fully saturated rings. The molecule has 0 bridgehead atoms. The van der Waals surface area contributed by atoms with Crippen molar-refractivity contribution >= 4 is 39.8 Å². The number of thiophene rings is 1. The van der Waals surface area contributed by atoms with E-state index in [1.165, 1.54) is 18.4 Å². The molecule has 0 atom stereocenters. The van der Waals surface area contributed by atoms with E-state index in [2.05, 4.69) is 10.6 Å². The Bertz CT molecular complexity index is 978. The second-order valence-corrected chi connectivity index (χ2v) is 6.86. The van der Waals surface area contributed by atoms with Gasteiger partial charge in [-0.3, -0.25) is 9.59 Å². The number of ether oxygens (including phenoxy) is 1. The van der Waals surface area contributed by atoms with Gasteiger partial charge in [-0.1, -0.05) is 19.1 Å². The molecule has 144 valence electrons. The molecule has 0 unspecified atom stereocenters. The summed E-state index contributed by atoms with van der Waals surface area (Å²) in [7, 11) is 0. The lowest BCUT2D eigenvalue weighted by Gasteiger charge is -2.07. The van der Waals surface area contributed by atoms with Gasteiger partial charge in [0.1, 0.15) is 4.88 Å². The third-order valence-electron chi connectivity index (χ3n) is 3.74. The Morgan fingerprint density at radius 1 is 1.07 bits per heavy atom. The summed E-state index contributed by atoms with van der Waals surface area (Å²) in [5.74, 6) is -1.31. The van der Waals surface area contributed by atoms with Crippen molar-refractivity contribution in [2.24, 2.45) is 0 Å². The van der Waals surface area contributed by atoms with Crippen molar-refractivity contribution in [1.82, 2.24) is 0 Å². The van der Waals surface area contributed by atoms with Crippen LogP contribution in [0, 0.1) is 0 Å². The zero-order valence-electron chi connectivity index (χ0n) is 15.1. The van der Waals surface area contributed by atoms with Gasteiger partial charge in [0.2, 0.25) is 0 Å². The molecule has 0 spiro atoms. The molecule has 0 saturated carbocycles. The summed E-state index contributed by atoms with van der Waals surface area (Å²) < 4.78 is 10.0. The van der Waals surface area contributed by atoms with Crippen molar-refractivity contribution in [3.05, 3.63) is 71.0 Å². The van der Waals surface area contributed by atoms with Gasteiger partial charge in [-0.25, -0.2) is 4.79 Å². The molecule has 0 saturated heterocycles. The molecular weight excluding hydrogens is 380 g/mol. The van der Waals surface area contributed by atoms with Crippen LogP contribution in [0.1, 0.15) is 32.7 Å². The van der Waals surface area contributed by atoms with Gasteiger partial charge in [0.05, 0.1) is 11.3 Å². The fraction of sp³-hybridized carbons (Fsp3) is 0.150. The predicted molar refractivity (Wildman–Crippen MR) is 106 cm³/mol. The van der Waals surface area contributed by atoms with Gasteiger partial charge in [0.15, 0.2) is 12.4 Å². The van der Waals surface area contributed by atoms with Crippen LogP contribution < -0.4 is 10.6 Å². The number of rotatable bonds is 7. The standard InChI is InChI=1S/C20H18N2O5S/c1-2-13-5-3-6-14(11-13)21-17(23)12-27-20(25)16-8-9-18(28-16)22-19(24)15-7-4-10-26-15/h3-11H,2,12H2,1H3,(H,21,23)(H,22,24). The number of furan rings is 1. The first-order valence-corrected chi connectivity index (χ1v) is 9.37. The van der Waals surface area contributed by atoms with Crippen molar-refractivity contribution in [1.29, 1.82) is 0 Å². The third-order valence-corrected chi connectivity index (χ3v) is 4.72. The first kappa shape index (κ1) is 19.4. The quantitative estimate of drug-likeness (QED) is 0.587. The molecule has 0 aliphatic carbocycles. The highest BCUT2D eigenvalue weighted by molar-refractivity contribution is 7.18. The van der Waals surface area contributed by atoms with Crippen LogP contribution in [-0.2, 0) is 16.0 Å². The maximum atomic E-state index is 12.1. The fourth-order valence-corrected chi connectivity index (χ4v) is 3.16. The number of benzene rings is 1. The van der Waals surface area contributed by atoms with Crippen LogP contribution in [-0.4, -0.2) is 24.4 Å².